The number of hydrogen-bond acceptors (Lipinski definition) is 7. The van der Waals surface area contributed by atoms with Crippen molar-refractivity contribution in [1.29, 1.82) is 0 Å². The maximum absolute atomic E-state index is 11.3. The van der Waals surface area contributed by atoms with Crippen LogP contribution in [0.3, 0.4) is 0 Å². The van der Waals surface area contributed by atoms with Gasteiger partial charge in [-0.3, -0.25) is 4.79 Å². The van der Waals surface area contributed by atoms with Gasteiger partial charge >= 0.3 is 5.97 Å². The highest BCUT2D eigenvalue weighted by Gasteiger charge is 2.07. The molecule has 1 unspecified atom stereocenters. The molecular formula is C24H48O7. The Bertz CT molecular complexity index is 366. The van der Waals surface area contributed by atoms with Crippen molar-refractivity contribution in [3.05, 3.63) is 0 Å². The average molecular weight is 449 g/mol. The predicted octanol–water partition coefficient (Wildman–Crippen LogP) is 4.02. The molecule has 0 radical (unpaired) electrons. The molecule has 0 bridgehead atoms. The fourth-order valence-corrected chi connectivity index (χ4v) is 3.06. The molecule has 7 heteroatoms. The molecule has 2 N–H and O–H groups in total. The molecule has 186 valence electrons. The van der Waals surface area contributed by atoms with Gasteiger partial charge in [-0.15, -0.1) is 0 Å². The van der Waals surface area contributed by atoms with Gasteiger partial charge < -0.3 is 29.2 Å². The van der Waals surface area contributed by atoms with Crippen LogP contribution in [0.1, 0.15) is 90.4 Å². The first-order valence-electron chi connectivity index (χ1n) is 12.4. The maximum Gasteiger partial charge on any atom is 0.308 e. The molecule has 0 rings (SSSR count). The third-order valence-electron chi connectivity index (χ3n) is 4.98. The van der Waals surface area contributed by atoms with E-state index in [4.69, 9.17) is 29.2 Å². The van der Waals surface area contributed by atoms with Gasteiger partial charge in [-0.2, -0.15) is 0 Å². The number of aliphatic hydroxyl groups excluding tert-OH is 2. The van der Waals surface area contributed by atoms with E-state index in [-0.39, 0.29) is 19.6 Å². The van der Waals surface area contributed by atoms with Crippen LogP contribution in [-0.4, -0.2) is 75.1 Å². The topological polar surface area (TPSA) is 94.5 Å². The van der Waals surface area contributed by atoms with Gasteiger partial charge in [-0.05, 0) is 6.42 Å². The number of esters is 1. The average Bonchev–Trinajstić information content (AvgIpc) is 2.78. The largest absolute Gasteiger partial charge is 0.463 e. The van der Waals surface area contributed by atoms with E-state index in [1.807, 2.05) is 0 Å². The molecule has 0 saturated carbocycles. The Hall–Kier alpha value is -0.730. The van der Waals surface area contributed by atoms with Crippen molar-refractivity contribution in [2.24, 2.45) is 0 Å². The fraction of sp³-hybridized carbons (Fsp3) is 0.958. The molecule has 1 atom stereocenters. The molecule has 0 aromatic heterocycles. The Morgan fingerprint density at radius 1 is 0.677 bits per heavy atom. The Morgan fingerprint density at radius 2 is 1.13 bits per heavy atom. The quantitative estimate of drug-likeness (QED) is 0.161. The van der Waals surface area contributed by atoms with E-state index in [1.54, 1.807) is 0 Å². The lowest BCUT2D eigenvalue weighted by Crippen LogP contribution is -2.22. The number of aliphatic hydroxyl groups is 2. The van der Waals surface area contributed by atoms with Crippen LogP contribution in [0.15, 0.2) is 0 Å². The minimum Gasteiger partial charge on any atom is -0.463 e. The van der Waals surface area contributed by atoms with Crippen LogP contribution in [0.4, 0.5) is 0 Å². The minimum absolute atomic E-state index is 0.111. The van der Waals surface area contributed by atoms with E-state index in [0.717, 1.165) is 13.0 Å². The summed E-state index contributed by atoms with van der Waals surface area (Å²) in [5, 5.41) is 17.7. The Labute approximate surface area is 189 Å². The summed E-state index contributed by atoms with van der Waals surface area (Å²) in [5.41, 5.74) is 0. The molecular weight excluding hydrogens is 400 g/mol. The van der Waals surface area contributed by atoms with Crippen LogP contribution in [0.5, 0.6) is 0 Å². The first kappa shape index (κ1) is 30.3. The minimum atomic E-state index is -1.03. The number of unbranched alkanes of at least 4 members (excludes halogenated alkanes) is 11. The summed E-state index contributed by atoms with van der Waals surface area (Å²) in [5.74, 6) is -0.459. The van der Waals surface area contributed by atoms with E-state index >= 15 is 0 Å². The van der Waals surface area contributed by atoms with Gasteiger partial charge in [0.2, 0.25) is 0 Å². The molecule has 0 aliphatic carbocycles. The molecule has 0 aliphatic rings. The molecule has 0 aromatic carbocycles. The number of carbonyl (C=O) groups is 1. The molecule has 0 fully saturated rings. The van der Waals surface area contributed by atoms with Gasteiger partial charge in [0, 0.05) is 6.61 Å². The van der Waals surface area contributed by atoms with Crippen LogP contribution < -0.4 is 0 Å². The number of hydrogen-bond donors (Lipinski definition) is 2. The zero-order valence-corrected chi connectivity index (χ0v) is 19.9. The zero-order valence-electron chi connectivity index (χ0n) is 19.9. The third kappa shape index (κ3) is 25.4. The molecule has 31 heavy (non-hydrogen) atoms. The molecule has 0 aliphatic heterocycles. The number of ether oxygens (including phenoxy) is 4. The lowest BCUT2D eigenvalue weighted by molar-refractivity contribution is -0.148. The summed E-state index contributed by atoms with van der Waals surface area (Å²) < 4.78 is 21.0. The van der Waals surface area contributed by atoms with Crippen molar-refractivity contribution in [3.63, 3.8) is 0 Å². The maximum atomic E-state index is 11.3. The summed E-state index contributed by atoms with van der Waals surface area (Å²) in [6.45, 7) is 4.69. The molecule has 7 nitrogen and oxygen atoms in total. The van der Waals surface area contributed by atoms with Crippen molar-refractivity contribution in [2.75, 3.05) is 52.9 Å². The first-order valence-corrected chi connectivity index (χ1v) is 12.4. The van der Waals surface area contributed by atoms with Crippen molar-refractivity contribution in [3.8, 4) is 0 Å². The van der Waals surface area contributed by atoms with E-state index in [1.165, 1.54) is 70.6 Å². The summed E-state index contributed by atoms with van der Waals surface area (Å²) in [7, 11) is 0. The highest BCUT2D eigenvalue weighted by molar-refractivity contribution is 5.69. The lowest BCUT2D eigenvalue weighted by atomic mass is 10.1. The highest BCUT2D eigenvalue weighted by Crippen LogP contribution is 2.11. The third-order valence-corrected chi connectivity index (χ3v) is 4.98. The second kappa shape index (κ2) is 25.5. The van der Waals surface area contributed by atoms with Gasteiger partial charge in [0.05, 0.1) is 46.1 Å². The molecule has 0 spiro atoms. The summed E-state index contributed by atoms with van der Waals surface area (Å²) in [6, 6.07) is 0. The standard InChI is InChI=1S/C24H48O7/c1-2-3-4-5-6-7-8-9-10-11-12-13-15-28-17-19-30-20-18-29-16-14-24(27)31-22-23(26)21-25/h23,25-26H,2-22H2,1H3. The van der Waals surface area contributed by atoms with Crippen molar-refractivity contribution < 1.29 is 34.0 Å². The van der Waals surface area contributed by atoms with Gasteiger partial charge in [0.25, 0.3) is 0 Å². The van der Waals surface area contributed by atoms with E-state index in [9.17, 15) is 4.79 Å². The Kier molecular flexibility index (Phi) is 24.9. The highest BCUT2D eigenvalue weighted by atomic mass is 16.6. The van der Waals surface area contributed by atoms with E-state index in [0.29, 0.717) is 26.4 Å². The first-order chi connectivity index (χ1) is 15.2. The Balaban J connectivity index is 3.10. The monoisotopic (exact) mass is 448 g/mol. The smallest absolute Gasteiger partial charge is 0.308 e. The summed E-state index contributed by atoms with van der Waals surface area (Å²) in [4.78, 5) is 11.3. The van der Waals surface area contributed by atoms with Gasteiger partial charge in [-0.1, -0.05) is 77.6 Å². The second-order valence-electron chi connectivity index (χ2n) is 8.00. The molecule has 0 saturated heterocycles. The fourth-order valence-electron chi connectivity index (χ4n) is 3.06. The summed E-state index contributed by atoms with van der Waals surface area (Å²) >= 11 is 0. The molecule has 0 amide bonds. The van der Waals surface area contributed by atoms with E-state index in [2.05, 4.69) is 6.92 Å². The number of carbonyl (C=O) groups excluding carboxylic acids is 1. The SMILES string of the molecule is CCCCCCCCCCCCCCOCCOCCOCCC(=O)OCC(O)CO. The molecule has 0 heterocycles. The summed E-state index contributed by atoms with van der Waals surface area (Å²) in [6.07, 6.45) is 15.2. The predicted molar refractivity (Wildman–Crippen MR) is 122 cm³/mol. The van der Waals surface area contributed by atoms with Crippen LogP contribution in [0.2, 0.25) is 0 Å². The lowest BCUT2D eigenvalue weighted by Gasteiger charge is -2.09. The molecule has 0 aromatic rings. The Morgan fingerprint density at radius 3 is 1.65 bits per heavy atom. The van der Waals surface area contributed by atoms with Crippen LogP contribution in [0.25, 0.3) is 0 Å². The number of rotatable bonds is 25. The van der Waals surface area contributed by atoms with Crippen LogP contribution >= 0.6 is 0 Å². The zero-order chi connectivity index (χ0) is 22.8. The van der Waals surface area contributed by atoms with Crippen molar-refractivity contribution in [1.82, 2.24) is 0 Å². The van der Waals surface area contributed by atoms with E-state index < -0.39 is 18.7 Å². The van der Waals surface area contributed by atoms with Crippen LogP contribution in [0, 0.1) is 0 Å². The van der Waals surface area contributed by atoms with Crippen molar-refractivity contribution >= 4 is 5.97 Å². The van der Waals surface area contributed by atoms with Crippen molar-refractivity contribution in [2.45, 2.75) is 96.5 Å². The normalized spacial score (nSPS) is 12.2. The van der Waals surface area contributed by atoms with Gasteiger partial charge in [0.1, 0.15) is 12.7 Å². The van der Waals surface area contributed by atoms with Crippen LogP contribution in [-0.2, 0) is 23.7 Å². The van der Waals surface area contributed by atoms with Gasteiger partial charge in [-0.25, -0.2) is 0 Å². The second-order valence-corrected chi connectivity index (χ2v) is 8.00. The van der Waals surface area contributed by atoms with Gasteiger partial charge in [0.15, 0.2) is 0 Å².